The van der Waals surface area contributed by atoms with Gasteiger partial charge in [0.2, 0.25) is 0 Å². The molecule has 0 atom stereocenters. The third kappa shape index (κ3) is 4.10. The van der Waals surface area contributed by atoms with Gasteiger partial charge in [0, 0.05) is 18.8 Å². The summed E-state index contributed by atoms with van der Waals surface area (Å²) in [6, 6.07) is 15.0. The minimum Gasteiger partial charge on any atom is -0.396 e. The van der Waals surface area contributed by atoms with Gasteiger partial charge in [-0.1, -0.05) is 35.9 Å². The fourth-order valence-electron chi connectivity index (χ4n) is 2.36. The molecule has 2 aromatic carbocycles. The van der Waals surface area contributed by atoms with E-state index in [9.17, 15) is 0 Å². The van der Waals surface area contributed by atoms with Crippen LogP contribution >= 0.6 is 0 Å². The Morgan fingerprint density at radius 3 is 2.65 bits per heavy atom. The Morgan fingerprint density at radius 2 is 1.90 bits per heavy atom. The highest BCUT2D eigenvalue weighted by Crippen LogP contribution is 2.16. The summed E-state index contributed by atoms with van der Waals surface area (Å²) >= 11 is 0. The lowest BCUT2D eigenvalue weighted by Crippen LogP contribution is -2.02. The second kappa shape index (κ2) is 7.11. The van der Waals surface area contributed by atoms with Crippen LogP contribution < -0.4 is 5.32 Å². The summed E-state index contributed by atoms with van der Waals surface area (Å²) in [5, 5.41) is 12.4. The topological polar surface area (TPSA) is 32.3 Å². The zero-order valence-electron chi connectivity index (χ0n) is 12.3. The summed E-state index contributed by atoms with van der Waals surface area (Å²) < 4.78 is 0. The van der Waals surface area contributed by atoms with Crippen molar-refractivity contribution < 1.29 is 5.11 Å². The monoisotopic (exact) mass is 269 g/mol. The predicted molar refractivity (Wildman–Crippen MR) is 85.1 cm³/mol. The van der Waals surface area contributed by atoms with Gasteiger partial charge in [0.05, 0.1) is 0 Å². The third-order valence-corrected chi connectivity index (χ3v) is 3.53. The molecule has 0 spiro atoms. The molecule has 0 heterocycles. The fourth-order valence-corrected chi connectivity index (χ4v) is 2.36. The molecule has 20 heavy (non-hydrogen) atoms. The second-order valence-corrected chi connectivity index (χ2v) is 5.31. The van der Waals surface area contributed by atoms with Gasteiger partial charge in [0.15, 0.2) is 0 Å². The number of anilines is 1. The van der Waals surface area contributed by atoms with Gasteiger partial charge in [-0.15, -0.1) is 0 Å². The number of aryl methyl sites for hydroxylation is 3. The molecule has 2 nitrogen and oxygen atoms in total. The van der Waals surface area contributed by atoms with Crippen molar-refractivity contribution in [1.82, 2.24) is 0 Å². The minimum absolute atomic E-state index is 0.250. The number of benzene rings is 2. The van der Waals surface area contributed by atoms with Gasteiger partial charge in [-0.2, -0.15) is 0 Å². The van der Waals surface area contributed by atoms with Crippen LogP contribution in [0.3, 0.4) is 0 Å². The van der Waals surface area contributed by atoms with E-state index in [1.807, 2.05) is 0 Å². The van der Waals surface area contributed by atoms with Crippen molar-refractivity contribution in [2.45, 2.75) is 33.2 Å². The average Bonchev–Trinajstić information content (AvgIpc) is 2.45. The first-order valence-corrected chi connectivity index (χ1v) is 7.19. The van der Waals surface area contributed by atoms with Crippen LogP contribution in [0.1, 0.15) is 28.7 Å². The maximum atomic E-state index is 8.89. The van der Waals surface area contributed by atoms with Gasteiger partial charge in [-0.05, 0) is 55.5 Å². The first-order chi connectivity index (χ1) is 9.69. The minimum atomic E-state index is 0.250. The van der Waals surface area contributed by atoms with Gasteiger partial charge < -0.3 is 10.4 Å². The van der Waals surface area contributed by atoms with E-state index >= 15 is 0 Å². The number of hydrogen-bond acceptors (Lipinski definition) is 2. The molecule has 0 fully saturated rings. The van der Waals surface area contributed by atoms with Crippen molar-refractivity contribution in [3.63, 3.8) is 0 Å². The van der Waals surface area contributed by atoms with E-state index in [0.717, 1.165) is 25.1 Å². The maximum Gasteiger partial charge on any atom is 0.0434 e. The standard InChI is InChI=1S/C18H23NO/c1-14-8-9-17(15(2)11-14)13-19-18-7-3-5-16(12-18)6-4-10-20/h3,5,7-9,11-12,19-20H,4,6,10,13H2,1-2H3. The Morgan fingerprint density at radius 1 is 1.05 bits per heavy atom. The summed E-state index contributed by atoms with van der Waals surface area (Å²) in [7, 11) is 0. The Labute approximate surface area is 121 Å². The van der Waals surface area contributed by atoms with Crippen LogP contribution in [0.25, 0.3) is 0 Å². The summed E-state index contributed by atoms with van der Waals surface area (Å²) in [5.41, 5.74) is 6.37. The largest absolute Gasteiger partial charge is 0.396 e. The highest BCUT2D eigenvalue weighted by atomic mass is 16.2. The molecule has 0 saturated carbocycles. The number of hydrogen-bond donors (Lipinski definition) is 2. The SMILES string of the molecule is Cc1ccc(CNc2cccc(CCCO)c2)c(C)c1. The van der Waals surface area contributed by atoms with E-state index < -0.39 is 0 Å². The van der Waals surface area contributed by atoms with Crippen LogP contribution in [-0.4, -0.2) is 11.7 Å². The summed E-state index contributed by atoms with van der Waals surface area (Å²) in [6.45, 7) is 5.37. The Kier molecular flexibility index (Phi) is 5.19. The van der Waals surface area contributed by atoms with Gasteiger partial charge in [-0.3, -0.25) is 0 Å². The molecule has 2 aromatic rings. The van der Waals surface area contributed by atoms with Gasteiger partial charge in [0.25, 0.3) is 0 Å². The van der Waals surface area contributed by atoms with Crippen LogP contribution in [0.2, 0.25) is 0 Å². The molecule has 106 valence electrons. The van der Waals surface area contributed by atoms with Crippen molar-refractivity contribution in [2.75, 3.05) is 11.9 Å². The van der Waals surface area contributed by atoms with E-state index in [1.54, 1.807) is 0 Å². The lowest BCUT2D eigenvalue weighted by atomic mass is 10.1. The zero-order chi connectivity index (χ0) is 14.4. The molecule has 0 bridgehead atoms. The molecule has 0 radical (unpaired) electrons. The van der Waals surface area contributed by atoms with Crippen molar-refractivity contribution in [3.8, 4) is 0 Å². The van der Waals surface area contributed by atoms with E-state index in [0.29, 0.717) is 0 Å². The molecular formula is C18H23NO. The number of nitrogens with one attached hydrogen (secondary N) is 1. The van der Waals surface area contributed by atoms with E-state index in [-0.39, 0.29) is 6.61 Å². The van der Waals surface area contributed by atoms with Crippen molar-refractivity contribution >= 4 is 5.69 Å². The fraction of sp³-hybridized carbons (Fsp3) is 0.333. The normalized spacial score (nSPS) is 10.6. The summed E-state index contributed by atoms with van der Waals surface area (Å²) in [6.07, 6.45) is 1.75. The second-order valence-electron chi connectivity index (χ2n) is 5.31. The number of aliphatic hydroxyl groups is 1. The highest BCUT2D eigenvalue weighted by molar-refractivity contribution is 5.47. The third-order valence-electron chi connectivity index (χ3n) is 3.53. The smallest absolute Gasteiger partial charge is 0.0434 e. The molecule has 2 N–H and O–H groups in total. The van der Waals surface area contributed by atoms with E-state index in [4.69, 9.17) is 5.11 Å². The van der Waals surface area contributed by atoms with Crippen LogP contribution in [-0.2, 0) is 13.0 Å². The first-order valence-electron chi connectivity index (χ1n) is 7.19. The van der Waals surface area contributed by atoms with Crippen molar-refractivity contribution in [2.24, 2.45) is 0 Å². The van der Waals surface area contributed by atoms with Crippen LogP contribution in [0.15, 0.2) is 42.5 Å². The molecule has 2 heteroatoms. The summed E-state index contributed by atoms with van der Waals surface area (Å²) in [4.78, 5) is 0. The zero-order valence-corrected chi connectivity index (χ0v) is 12.3. The molecule has 0 aliphatic carbocycles. The molecule has 0 aliphatic heterocycles. The molecule has 0 unspecified atom stereocenters. The van der Waals surface area contributed by atoms with E-state index in [1.165, 1.54) is 22.3 Å². The van der Waals surface area contributed by atoms with E-state index in [2.05, 4.69) is 61.6 Å². The molecule has 0 aromatic heterocycles. The highest BCUT2D eigenvalue weighted by Gasteiger charge is 2.00. The maximum absolute atomic E-state index is 8.89. The Bertz CT molecular complexity index is 563. The Hall–Kier alpha value is -1.80. The van der Waals surface area contributed by atoms with Crippen molar-refractivity contribution in [3.05, 3.63) is 64.7 Å². The van der Waals surface area contributed by atoms with Gasteiger partial charge >= 0.3 is 0 Å². The number of aliphatic hydroxyl groups excluding tert-OH is 1. The molecule has 0 amide bonds. The number of rotatable bonds is 6. The average molecular weight is 269 g/mol. The quantitative estimate of drug-likeness (QED) is 0.835. The molecule has 0 saturated heterocycles. The lowest BCUT2D eigenvalue weighted by molar-refractivity contribution is 0.288. The molecular weight excluding hydrogens is 246 g/mol. The summed E-state index contributed by atoms with van der Waals surface area (Å²) in [5.74, 6) is 0. The van der Waals surface area contributed by atoms with Crippen LogP contribution in [0.4, 0.5) is 5.69 Å². The Balaban J connectivity index is 1.99. The molecule has 0 aliphatic rings. The van der Waals surface area contributed by atoms with Crippen molar-refractivity contribution in [1.29, 1.82) is 0 Å². The van der Waals surface area contributed by atoms with Crippen LogP contribution in [0.5, 0.6) is 0 Å². The van der Waals surface area contributed by atoms with Gasteiger partial charge in [-0.25, -0.2) is 0 Å². The first kappa shape index (κ1) is 14.6. The lowest BCUT2D eigenvalue weighted by Gasteiger charge is -2.11. The van der Waals surface area contributed by atoms with Crippen LogP contribution in [0, 0.1) is 13.8 Å². The van der Waals surface area contributed by atoms with Gasteiger partial charge in [0.1, 0.15) is 0 Å². The predicted octanol–water partition coefficient (Wildman–Crippen LogP) is 3.84. The molecule has 2 rings (SSSR count).